The Labute approximate surface area is 251 Å². The number of ether oxygens (including phenoxy) is 1. The number of hydrogen-bond donors (Lipinski definition) is 2. The molecule has 1 amide bonds. The van der Waals surface area contributed by atoms with Crippen LogP contribution in [0.15, 0.2) is 77.7 Å². The van der Waals surface area contributed by atoms with Crippen LogP contribution in [0.1, 0.15) is 36.8 Å². The van der Waals surface area contributed by atoms with Crippen molar-refractivity contribution in [1.82, 2.24) is 9.62 Å². The van der Waals surface area contributed by atoms with Crippen LogP contribution in [0.5, 0.6) is 5.75 Å². The van der Waals surface area contributed by atoms with Gasteiger partial charge in [0, 0.05) is 13.1 Å². The smallest absolute Gasteiger partial charge is 0.416 e. The highest BCUT2D eigenvalue weighted by Crippen LogP contribution is 2.33. The highest BCUT2D eigenvalue weighted by atomic mass is 32.2. The third-order valence-electron chi connectivity index (χ3n) is 8.05. The summed E-state index contributed by atoms with van der Waals surface area (Å²) in [5.74, 6) is 1.06. The monoisotopic (exact) mass is 617 g/mol. The van der Waals surface area contributed by atoms with E-state index in [0.717, 1.165) is 47.7 Å². The van der Waals surface area contributed by atoms with E-state index in [4.69, 9.17) is 10.5 Å². The molecule has 0 atom stereocenters. The third-order valence-corrected chi connectivity index (χ3v) is 9.91. The van der Waals surface area contributed by atoms with Gasteiger partial charge in [-0.2, -0.15) is 17.5 Å². The molecule has 3 aromatic rings. The number of para-hydroxylation sites is 1. The first-order valence-electron chi connectivity index (χ1n) is 14.4. The van der Waals surface area contributed by atoms with Crippen molar-refractivity contribution in [2.45, 2.75) is 43.2 Å². The fraction of sp³-hybridized carbons (Fsp3) is 0.406. The molecule has 0 aliphatic heterocycles. The van der Waals surface area contributed by atoms with Crippen LogP contribution in [0.2, 0.25) is 0 Å². The fourth-order valence-corrected chi connectivity index (χ4v) is 6.82. The van der Waals surface area contributed by atoms with Crippen molar-refractivity contribution in [2.24, 2.45) is 17.6 Å². The van der Waals surface area contributed by atoms with Crippen molar-refractivity contribution < 1.29 is 31.1 Å². The number of nitrogens with two attached hydrogens (primary N) is 1. The Morgan fingerprint density at radius 1 is 0.953 bits per heavy atom. The lowest BCUT2D eigenvalue weighted by atomic mass is 9.82. The second kappa shape index (κ2) is 14.4. The molecule has 0 saturated heterocycles. The second-order valence-corrected chi connectivity index (χ2v) is 12.9. The molecule has 0 spiro atoms. The lowest BCUT2D eigenvalue weighted by Gasteiger charge is -2.28. The standard InChI is InChI=1S/C32H38F3N3O4S/c1-42-30-8-3-2-5-26(30)17-18-38(22-31(39)37-21-24-11-9-23(20-36)10-12-24)43(40,41)29-15-13-25(14-16-29)27-6-4-7-28(19-27)32(33,34)35/h2-8,13-16,19,23-24H,9-12,17-18,20-22,36H2,1H3,(H,37,39). The van der Waals surface area contributed by atoms with Crippen molar-refractivity contribution >= 4 is 15.9 Å². The number of carbonyl (C=O) groups is 1. The van der Waals surface area contributed by atoms with Crippen LogP contribution in [0.4, 0.5) is 13.2 Å². The predicted octanol–water partition coefficient (Wildman–Crippen LogP) is 5.50. The Balaban J connectivity index is 1.51. The van der Waals surface area contributed by atoms with Crippen LogP contribution in [0, 0.1) is 11.8 Å². The molecular weight excluding hydrogens is 579 g/mol. The molecule has 0 radical (unpaired) electrons. The van der Waals surface area contributed by atoms with Crippen LogP contribution in [-0.4, -0.2) is 51.9 Å². The molecule has 0 heterocycles. The summed E-state index contributed by atoms with van der Waals surface area (Å²) in [7, 11) is -2.60. The second-order valence-electron chi connectivity index (χ2n) is 10.9. The van der Waals surface area contributed by atoms with Gasteiger partial charge >= 0.3 is 6.18 Å². The van der Waals surface area contributed by atoms with E-state index in [0.29, 0.717) is 48.2 Å². The fourth-order valence-electron chi connectivity index (χ4n) is 5.43. The highest BCUT2D eigenvalue weighted by Gasteiger charge is 2.31. The molecule has 232 valence electrons. The zero-order valence-corrected chi connectivity index (χ0v) is 25.0. The third kappa shape index (κ3) is 8.58. The number of amides is 1. The van der Waals surface area contributed by atoms with Crippen molar-refractivity contribution in [3.63, 3.8) is 0 Å². The van der Waals surface area contributed by atoms with Crippen LogP contribution < -0.4 is 15.8 Å². The maximum absolute atomic E-state index is 13.8. The number of methoxy groups -OCH3 is 1. The zero-order chi connectivity index (χ0) is 31.0. The molecule has 4 rings (SSSR count). The van der Waals surface area contributed by atoms with E-state index in [1.165, 1.54) is 43.5 Å². The highest BCUT2D eigenvalue weighted by molar-refractivity contribution is 7.89. The van der Waals surface area contributed by atoms with E-state index in [9.17, 15) is 26.4 Å². The molecular formula is C32H38F3N3O4S. The number of benzene rings is 3. The summed E-state index contributed by atoms with van der Waals surface area (Å²) < 4.78 is 73.8. The first kappa shape index (κ1) is 32.5. The first-order valence-corrected chi connectivity index (χ1v) is 15.8. The van der Waals surface area contributed by atoms with E-state index >= 15 is 0 Å². The minimum Gasteiger partial charge on any atom is -0.496 e. The van der Waals surface area contributed by atoms with Gasteiger partial charge in [-0.3, -0.25) is 4.79 Å². The van der Waals surface area contributed by atoms with Crippen molar-refractivity contribution in [1.29, 1.82) is 0 Å². The number of hydrogen-bond acceptors (Lipinski definition) is 5. The molecule has 1 saturated carbocycles. The number of carbonyl (C=O) groups excluding carboxylic acids is 1. The lowest BCUT2D eigenvalue weighted by molar-refractivity contribution is -0.137. The van der Waals surface area contributed by atoms with Gasteiger partial charge in [0.05, 0.1) is 24.1 Å². The van der Waals surface area contributed by atoms with Crippen LogP contribution >= 0.6 is 0 Å². The van der Waals surface area contributed by atoms with Gasteiger partial charge in [-0.05, 0) is 97.5 Å². The zero-order valence-electron chi connectivity index (χ0n) is 24.1. The number of nitrogens with zero attached hydrogens (tertiary/aromatic N) is 1. The average molecular weight is 618 g/mol. The predicted molar refractivity (Wildman–Crippen MR) is 160 cm³/mol. The Kier molecular flexibility index (Phi) is 10.9. The van der Waals surface area contributed by atoms with Gasteiger partial charge in [-0.25, -0.2) is 8.42 Å². The van der Waals surface area contributed by atoms with Crippen LogP contribution in [0.3, 0.4) is 0 Å². The summed E-state index contributed by atoms with van der Waals surface area (Å²) in [4.78, 5) is 13.0. The summed E-state index contributed by atoms with van der Waals surface area (Å²) in [5, 5.41) is 2.92. The van der Waals surface area contributed by atoms with Gasteiger partial charge in [-0.15, -0.1) is 0 Å². The molecule has 43 heavy (non-hydrogen) atoms. The number of rotatable bonds is 12. The molecule has 7 nitrogen and oxygen atoms in total. The number of alkyl halides is 3. The molecule has 3 aromatic carbocycles. The van der Waals surface area contributed by atoms with Gasteiger partial charge in [0.1, 0.15) is 5.75 Å². The molecule has 1 aliphatic carbocycles. The minimum atomic E-state index is -4.49. The average Bonchev–Trinajstić information content (AvgIpc) is 3.02. The van der Waals surface area contributed by atoms with Crippen LogP contribution in [0.25, 0.3) is 11.1 Å². The summed E-state index contributed by atoms with van der Waals surface area (Å²) in [6.07, 6.45) is -0.208. The Morgan fingerprint density at radius 3 is 2.28 bits per heavy atom. The quantitative estimate of drug-likeness (QED) is 0.280. The number of nitrogens with one attached hydrogen (secondary N) is 1. The van der Waals surface area contributed by atoms with Gasteiger partial charge in [-0.1, -0.05) is 42.5 Å². The van der Waals surface area contributed by atoms with Crippen molar-refractivity contribution in [3.05, 3.63) is 83.9 Å². The number of sulfonamides is 1. The minimum absolute atomic E-state index is 0.0209. The maximum atomic E-state index is 13.8. The lowest BCUT2D eigenvalue weighted by Crippen LogP contribution is -2.43. The summed E-state index contributed by atoms with van der Waals surface area (Å²) >= 11 is 0. The van der Waals surface area contributed by atoms with E-state index in [1.54, 1.807) is 6.07 Å². The molecule has 0 aromatic heterocycles. The summed E-state index contributed by atoms with van der Waals surface area (Å²) in [6.45, 7) is 0.791. The topological polar surface area (TPSA) is 102 Å². The van der Waals surface area contributed by atoms with E-state index in [2.05, 4.69) is 5.32 Å². The van der Waals surface area contributed by atoms with Gasteiger partial charge in [0.2, 0.25) is 15.9 Å². The molecule has 3 N–H and O–H groups in total. The molecule has 11 heteroatoms. The normalized spacial score (nSPS) is 17.5. The largest absolute Gasteiger partial charge is 0.496 e. The van der Waals surface area contributed by atoms with Crippen molar-refractivity contribution in [3.8, 4) is 16.9 Å². The maximum Gasteiger partial charge on any atom is 0.416 e. The molecule has 1 fully saturated rings. The SMILES string of the molecule is COc1ccccc1CCN(CC(=O)NCC1CCC(CN)CC1)S(=O)(=O)c1ccc(-c2cccc(C(F)(F)F)c2)cc1. The van der Waals surface area contributed by atoms with Crippen molar-refractivity contribution in [2.75, 3.05) is 33.3 Å². The van der Waals surface area contributed by atoms with Gasteiger partial charge in [0.15, 0.2) is 0 Å². The molecule has 1 aliphatic rings. The van der Waals surface area contributed by atoms with E-state index in [1.807, 2.05) is 18.2 Å². The Bertz CT molecular complexity index is 1470. The van der Waals surface area contributed by atoms with E-state index < -0.39 is 27.7 Å². The molecule has 0 bridgehead atoms. The summed E-state index contributed by atoms with van der Waals surface area (Å²) in [5.41, 5.74) is 6.54. The Morgan fingerprint density at radius 2 is 1.63 bits per heavy atom. The van der Waals surface area contributed by atoms with Gasteiger partial charge < -0.3 is 15.8 Å². The van der Waals surface area contributed by atoms with Crippen LogP contribution in [-0.2, 0) is 27.4 Å². The summed E-state index contributed by atoms with van der Waals surface area (Å²) in [6, 6.07) is 17.8. The molecule has 0 unspecified atom stereocenters. The first-order chi connectivity index (χ1) is 20.5. The number of halogens is 3. The van der Waals surface area contributed by atoms with Gasteiger partial charge in [0.25, 0.3) is 0 Å². The Hall–Kier alpha value is -3.41. The van der Waals surface area contributed by atoms with E-state index in [-0.39, 0.29) is 18.0 Å².